The van der Waals surface area contributed by atoms with Gasteiger partial charge in [-0.15, -0.1) is 0 Å². The lowest BCUT2D eigenvalue weighted by molar-refractivity contribution is -0.135. The number of hydrogen-bond acceptors (Lipinski definition) is 6. The summed E-state index contributed by atoms with van der Waals surface area (Å²) in [6.07, 6.45) is 0. The highest BCUT2D eigenvalue weighted by Crippen LogP contribution is 2.23. The maximum absolute atomic E-state index is 12.6. The van der Waals surface area contributed by atoms with Crippen LogP contribution in [-0.2, 0) is 11.3 Å². The van der Waals surface area contributed by atoms with E-state index >= 15 is 0 Å². The average molecular weight is 469 g/mol. The summed E-state index contributed by atoms with van der Waals surface area (Å²) >= 11 is 0. The van der Waals surface area contributed by atoms with Gasteiger partial charge in [0.05, 0.1) is 0 Å². The predicted octanol–water partition coefficient (Wildman–Crippen LogP) is 4.44. The number of hydrogen-bond donors (Lipinski definition) is 0. The summed E-state index contributed by atoms with van der Waals surface area (Å²) in [7, 11) is 0. The molecule has 0 bridgehead atoms. The Morgan fingerprint density at radius 1 is 0.914 bits per heavy atom. The highest BCUT2D eigenvalue weighted by Gasteiger charge is 2.22. The van der Waals surface area contributed by atoms with E-state index in [0.717, 1.165) is 42.1 Å². The van der Waals surface area contributed by atoms with Crippen LogP contribution in [0.25, 0.3) is 22.8 Å². The summed E-state index contributed by atoms with van der Waals surface area (Å²) in [6, 6.07) is 25.7. The van der Waals surface area contributed by atoms with Crippen molar-refractivity contribution >= 4 is 5.91 Å². The number of piperazine rings is 1. The number of ether oxygens (including phenoxy) is 1. The molecule has 4 aromatic rings. The van der Waals surface area contributed by atoms with Gasteiger partial charge in [0, 0.05) is 43.9 Å². The maximum atomic E-state index is 12.6. The molecular weight excluding hydrogens is 440 g/mol. The molecular formula is C28H28N4O3. The van der Waals surface area contributed by atoms with E-state index in [1.54, 1.807) is 0 Å². The lowest BCUT2D eigenvalue weighted by atomic mass is 10.1. The molecule has 2 heterocycles. The van der Waals surface area contributed by atoms with Crippen LogP contribution in [0, 0.1) is 6.92 Å². The fraction of sp³-hybridized carbons (Fsp3) is 0.250. The first-order chi connectivity index (χ1) is 17.2. The Morgan fingerprint density at radius 3 is 2.46 bits per heavy atom. The monoisotopic (exact) mass is 468 g/mol. The van der Waals surface area contributed by atoms with Gasteiger partial charge in [0.1, 0.15) is 5.75 Å². The molecule has 0 atom stereocenters. The molecule has 5 rings (SSSR count). The third-order valence-corrected chi connectivity index (χ3v) is 6.21. The zero-order valence-corrected chi connectivity index (χ0v) is 19.8. The third kappa shape index (κ3) is 5.58. The standard InChI is InChI=1S/C28H28N4O3/c1-21-8-5-6-13-25(21)34-20-26(33)32-16-14-31(15-17-32)19-22-9-7-12-24(18-22)27-29-28(35-30-27)23-10-3-2-4-11-23/h2-13,18H,14-17,19-20H2,1H3. The van der Waals surface area contributed by atoms with Crippen LogP contribution in [0.2, 0.25) is 0 Å². The fourth-order valence-corrected chi connectivity index (χ4v) is 4.21. The lowest BCUT2D eigenvalue weighted by Gasteiger charge is -2.34. The molecule has 178 valence electrons. The second kappa shape index (κ2) is 10.5. The number of amides is 1. The first-order valence-electron chi connectivity index (χ1n) is 11.8. The van der Waals surface area contributed by atoms with Crippen LogP contribution in [-0.4, -0.2) is 58.6 Å². The van der Waals surface area contributed by atoms with E-state index in [0.29, 0.717) is 24.8 Å². The summed E-state index contributed by atoms with van der Waals surface area (Å²) in [6.45, 7) is 5.89. The Bertz CT molecular complexity index is 1280. The van der Waals surface area contributed by atoms with E-state index < -0.39 is 0 Å². The van der Waals surface area contributed by atoms with Gasteiger partial charge >= 0.3 is 0 Å². The van der Waals surface area contributed by atoms with Gasteiger partial charge in [-0.25, -0.2) is 0 Å². The molecule has 1 fully saturated rings. The van der Waals surface area contributed by atoms with E-state index in [4.69, 9.17) is 9.26 Å². The molecule has 3 aromatic carbocycles. The molecule has 1 amide bonds. The Hall–Kier alpha value is -3.97. The second-order valence-electron chi connectivity index (χ2n) is 8.70. The average Bonchev–Trinajstić information content (AvgIpc) is 3.40. The van der Waals surface area contributed by atoms with Crippen molar-refractivity contribution in [2.75, 3.05) is 32.8 Å². The molecule has 0 saturated carbocycles. The molecule has 1 aliphatic heterocycles. The first kappa shape index (κ1) is 22.8. The van der Waals surface area contributed by atoms with Gasteiger partial charge in [0.15, 0.2) is 6.61 Å². The van der Waals surface area contributed by atoms with Gasteiger partial charge in [0.25, 0.3) is 11.8 Å². The number of aryl methyl sites for hydroxylation is 1. The van der Waals surface area contributed by atoms with E-state index in [1.165, 1.54) is 5.56 Å². The van der Waals surface area contributed by atoms with Gasteiger partial charge < -0.3 is 14.2 Å². The molecule has 1 aliphatic rings. The number of carbonyl (C=O) groups excluding carboxylic acids is 1. The molecule has 0 spiro atoms. The van der Waals surface area contributed by atoms with Crippen molar-refractivity contribution in [3.05, 3.63) is 90.0 Å². The number of nitrogens with zero attached hydrogens (tertiary/aromatic N) is 4. The first-order valence-corrected chi connectivity index (χ1v) is 11.8. The summed E-state index contributed by atoms with van der Waals surface area (Å²) < 4.78 is 11.2. The maximum Gasteiger partial charge on any atom is 0.260 e. The fourth-order valence-electron chi connectivity index (χ4n) is 4.21. The van der Waals surface area contributed by atoms with Crippen molar-refractivity contribution in [3.8, 4) is 28.6 Å². The van der Waals surface area contributed by atoms with E-state index in [1.807, 2.05) is 78.6 Å². The van der Waals surface area contributed by atoms with Crippen molar-refractivity contribution < 1.29 is 14.1 Å². The van der Waals surface area contributed by atoms with Gasteiger partial charge in [-0.3, -0.25) is 9.69 Å². The largest absolute Gasteiger partial charge is 0.484 e. The van der Waals surface area contributed by atoms with Gasteiger partial charge in [-0.1, -0.05) is 59.8 Å². The van der Waals surface area contributed by atoms with Crippen LogP contribution >= 0.6 is 0 Å². The van der Waals surface area contributed by atoms with Crippen LogP contribution in [0.15, 0.2) is 83.4 Å². The minimum Gasteiger partial charge on any atom is -0.484 e. The van der Waals surface area contributed by atoms with Gasteiger partial charge in [-0.05, 0) is 42.3 Å². The minimum atomic E-state index is 0.0289. The Kier molecular flexibility index (Phi) is 6.86. The molecule has 0 aliphatic carbocycles. The van der Waals surface area contributed by atoms with Crippen molar-refractivity contribution in [1.29, 1.82) is 0 Å². The number of rotatable bonds is 7. The van der Waals surface area contributed by atoms with Crippen LogP contribution < -0.4 is 4.74 Å². The van der Waals surface area contributed by atoms with E-state index in [-0.39, 0.29) is 12.5 Å². The molecule has 35 heavy (non-hydrogen) atoms. The Labute approximate surface area is 204 Å². The summed E-state index contributed by atoms with van der Waals surface area (Å²) in [5, 5.41) is 4.17. The lowest BCUT2D eigenvalue weighted by Crippen LogP contribution is -2.49. The molecule has 0 unspecified atom stereocenters. The zero-order chi connectivity index (χ0) is 24.0. The topological polar surface area (TPSA) is 71.7 Å². The van der Waals surface area contributed by atoms with Crippen molar-refractivity contribution in [2.45, 2.75) is 13.5 Å². The van der Waals surface area contributed by atoms with Gasteiger partial charge in [-0.2, -0.15) is 4.98 Å². The number of para-hydroxylation sites is 1. The van der Waals surface area contributed by atoms with Crippen LogP contribution in [0.4, 0.5) is 0 Å². The van der Waals surface area contributed by atoms with Crippen LogP contribution in [0.1, 0.15) is 11.1 Å². The summed E-state index contributed by atoms with van der Waals surface area (Å²) in [5.74, 6) is 1.88. The smallest absolute Gasteiger partial charge is 0.260 e. The SMILES string of the molecule is Cc1ccccc1OCC(=O)N1CCN(Cc2cccc(-c3noc(-c4ccccc4)n3)c2)CC1. The summed E-state index contributed by atoms with van der Waals surface area (Å²) in [4.78, 5) is 21.4. The van der Waals surface area contributed by atoms with Crippen molar-refractivity contribution in [3.63, 3.8) is 0 Å². The molecule has 0 radical (unpaired) electrons. The van der Waals surface area contributed by atoms with Crippen molar-refractivity contribution in [2.24, 2.45) is 0 Å². The Balaban J connectivity index is 1.14. The van der Waals surface area contributed by atoms with Crippen LogP contribution in [0.5, 0.6) is 5.75 Å². The second-order valence-corrected chi connectivity index (χ2v) is 8.70. The molecule has 7 nitrogen and oxygen atoms in total. The van der Waals surface area contributed by atoms with Crippen LogP contribution in [0.3, 0.4) is 0 Å². The van der Waals surface area contributed by atoms with E-state index in [9.17, 15) is 4.79 Å². The molecule has 7 heteroatoms. The highest BCUT2D eigenvalue weighted by atomic mass is 16.5. The predicted molar refractivity (Wildman–Crippen MR) is 134 cm³/mol. The molecule has 0 N–H and O–H groups in total. The third-order valence-electron chi connectivity index (χ3n) is 6.21. The molecule has 1 saturated heterocycles. The summed E-state index contributed by atoms with van der Waals surface area (Å²) in [5.41, 5.74) is 4.04. The minimum absolute atomic E-state index is 0.0289. The van der Waals surface area contributed by atoms with E-state index in [2.05, 4.69) is 27.2 Å². The molecule has 1 aromatic heterocycles. The van der Waals surface area contributed by atoms with Gasteiger partial charge in [0.2, 0.25) is 5.82 Å². The Morgan fingerprint density at radius 2 is 1.66 bits per heavy atom. The quantitative estimate of drug-likeness (QED) is 0.400. The highest BCUT2D eigenvalue weighted by molar-refractivity contribution is 5.78. The zero-order valence-electron chi connectivity index (χ0n) is 19.8. The number of carbonyl (C=O) groups is 1. The number of benzene rings is 3. The normalized spacial score (nSPS) is 14.1. The van der Waals surface area contributed by atoms with Crippen molar-refractivity contribution in [1.82, 2.24) is 19.9 Å². The number of aromatic nitrogens is 2.